The lowest BCUT2D eigenvalue weighted by Gasteiger charge is -2.32. The second-order valence-corrected chi connectivity index (χ2v) is 7.62. The molecule has 1 amide bonds. The van der Waals surface area contributed by atoms with Gasteiger partial charge in [0, 0.05) is 25.2 Å². The number of nitrogens with one attached hydrogen (secondary N) is 1. The molecule has 1 N–H and O–H groups in total. The number of carbonyl (C=O) groups is 1. The van der Waals surface area contributed by atoms with Crippen LogP contribution in [-0.2, 0) is 0 Å². The molecule has 29 heavy (non-hydrogen) atoms. The number of nitrogens with zero attached hydrogens (tertiary/aromatic N) is 3. The molecule has 1 aromatic heterocycles. The Morgan fingerprint density at radius 1 is 0.931 bits per heavy atom. The van der Waals surface area contributed by atoms with Crippen molar-refractivity contribution in [2.24, 2.45) is 5.92 Å². The van der Waals surface area contributed by atoms with Gasteiger partial charge in [0.15, 0.2) is 5.82 Å². The zero-order valence-corrected chi connectivity index (χ0v) is 16.7. The summed E-state index contributed by atoms with van der Waals surface area (Å²) in [5, 5.41) is 11.5. The fraction of sp³-hybridized carbons (Fsp3) is 0.292. The Balaban J connectivity index is 1.26. The minimum absolute atomic E-state index is 0.00329. The van der Waals surface area contributed by atoms with E-state index in [-0.39, 0.29) is 5.91 Å². The summed E-state index contributed by atoms with van der Waals surface area (Å²) in [7, 11) is 0. The first-order valence-corrected chi connectivity index (χ1v) is 10.2. The number of hydrogen-bond acceptors (Lipinski definition) is 4. The molecule has 3 aromatic rings. The summed E-state index contributed by atoms with van der Waals surface area (Å²) in [6.07, 6.45) is 2.09. The monoisotopic (exact) mass is 386 g/mol. The first kappa shape index (κ1) is 19.1. The van der Waals surface area contributed by atoms with Crippen molar-refractivity contribution in [3.8, 4) is 11.1 Å². The van der Waals surface area contributed by atoms with Crippen LogP contribution in [0.4, 0.5) is 5.82 Å². The van der Waals surface area contributed by atoms with Gasteiger partial charge in [0.1, 0.15) is 0 Å². The molecule has 0 spiro atoms. The number of aromatic nitrogens is 2. The Morgan fingerprint density at radius 3 is 2.28 bits per heavy atom. The summed E-state index contributed by atoms with van der Waals surface area (Å²) >= 11 is 0. The lowest BCUT2D eigenvalue weighted by atomic mass is 9.96. The summed E-state index contributed by atoms with van der Waals surface area (Å²) in [5.41, 5.74) is 3.92. The van der Waals surface area contributed by atoms with Crippen LogP contribution in [0.25, 0.3) is 11.1 Å². The average Bonchev–Trinajstić information content (AvgIpc) is 2.79. The van der Waals surface area contributed by atoms with Gasteiger partial charge in [0.25, 0.3) is 5.91 Å². The number of hydrogen-bond donors (Lipinski definition) is 1. The van der Waals surface area contributed by atoms with E-state index in [9.17, 15) is 4.79 Å². The van der Waals surface area contributed by atoms with Gasteiger partial charge in [-0.05, 0) is 61.1 Å². The maximum atomic E-state index is 12.5. The Hall–Kier alpha value is -3.21. The summed E-state index contributed by atoms with van der Waals surface area (Å²) in [6.45, 7) is 4.56. The highest BCUT2D eigenvalue weighted by Crippen LogP contribution is 2.22. The zero-order valence-electron chi connectivity index (χ0n) is 16.7. The van der Waals surface area contributed by atoms with Crippen LogP contribution in [0.3, 0.4) is 0 Å². The maximum Gasteiger partial charge on any atom is 0.251 e. The van der Waals surface area contributed by atoms with Crippen LogP contribution >= 0.6 is 0 Å². The Bertz CT molecular complexity index is 931. The van der Waals surface area contributed by atoms with Gasteiger partial charge in [-0.25, -0.2) is 0 Å². The summed E-state index contributed by atoms with van der Waals surface area (Å²) in [5.74, 6) is 1.44. The van der Waals surface area contributed by atoms with Gasteiger partial charge in [0.05, 0.1) is 5.69 Å². The molecule has 0 bridgehead atoms. The largest absolute Gasteiger partial charge is 0.355 e. The van der Waals surface area contributed by atoms with Crippen molar-refractivity contribution in [1.82, 2.24) is 15.5 Å². The minimum atomic E-state index is -0.00329. The summed E-state index contributed by atoms with van der Waals surface area (Å²) < 4.78 is 0. The zero-order chi connectivity index (χ0) is 20.1. The number of piperidine rings is 1. The Morgan fingerprint density at radius 2 is 1.62 bits per heavy atom. The van der Waals surface area contributed by atoms with Crippen LogP contribution in [0, 0.1) is 12.8 Å². The molecule has 2 heterocycles. The van der Waals surface area contributed by atoms with Gasteiger partial charge < -0.3 is 10.2 Å². The predicted octanol–water partition coefficient (Wildman–Crippen LogP) is 4.10. The molecule has 0 atom stereocenters. The fourth-order valence-electron chi connectivity index (χ4n) is 3.71. The van der Waals surface area contributed by atoms with Gasteiger partial charge in [-0.1, -0.05) is 42.5 Å². The average molecular weight is 386 g/mol. The molecular formula is C24H26N4O. The second-order valence-electron chi connectivity index (χ2n) is 7.62. The normalized spacial score (nSPS) is 14.6. The molecule has 2 aromatic carbocycles. The molecule has 1 fully saturated rings. The molecule has 148 valence electrons. The molecular weight excluding hydrogens is 360 g/mol. The van der Waals surface area contributed by atoms with E-state index in [2.05, 4.69) is 32.5 Å². The molecule has 0 saturated carbocycles. The molecule has 1 aliphatic rings. The SMILES string of the molecule is Cc1ccc(N2CCC(CNC(=O)c3ccc(-c4ccccc4)cc3)CC2)nn1. The van der Waals surface area contributed by atoms with Crippen molar-refractivity contribution in [2.45, 2.75) is 19.8 Å². The number of carbonyl (C=O) groups excluding carboxylic acids is 1. The molecule has 4 rings (SSSR count). The highest BCUT2D eigenvalue weighted by atomic mass is 16.1. The third-order valence-electron chi connectivity index (χ3n) is 5.53. The van der Waals surface area contributed by atoms with Crippen LogP contribution in [0.5, 0.6) is 0 Å². The van der Waals surface area contributed by atoms with Crippen LogP contribution < -0.4 is 10.2 Å². The number of aryl methyl sites for hydroxylation is 1. The molecule has 0 aliphatic carbocycles. The Kier molecular flexibility index (Phi) is 5.84. The fourth-order valence-corrected chi connectivity index (χ4v) is 3.71. The first-order valence-electron chi connectivity index (χ1n) is 10.2. The van der Waals surface area contributed by atoms with E-state index < -0.39 is 0 Å². The quantitative estimate of drug-likeness (QED) is 0.717. The smallest absolute Gasteiger partial charge is 0.251 e. The van der Waals surface area contributed by atoms with E-state index in [1.165, 1.54) is 0 Å². The highest BCUT2D eigenvalue weighted by molar-refractivity contribution is 5.94. The van der Waals surface area contributed by atoms with Crippen LogP contribution in [0.15, 0.2) is 66.7 Å². The summed E-state index contributed by atoms with van der Waals surface area (Å²) in [6, 6.07) is 22.0. The van der Waals surface area contributed by atoms with Crippen molar-refractivity contribution in [2.75, 3.05) is 24.5 Å². The van der Waals surface area contributed by atoms with Crippen LogP contribution in [0.2, 0.25) is 0 Å². The number of rotatable bonds is 5. The molecule has 0 unspecified atom stereocenters. The van der Waals surface area contributed by atoms with Crippen molar-refractivity contribution in [1.29, 1.82) is 0 Å². The topological polar surface area (TPSA) is 58.1 Å². The number of anilines is 1. The van der Waals surface area contributed by atoms with Crippen LogP contribution in [-0.4, -0.2) is 35.7 Å². The second kappa shape index (κ2) is 8.86. The lowest BCUT2D eigenvalue weighted by molar-refractivity contribution is 0.0945. The maximum absolute atomic E-state index is 12.5. The molecule has 5 nitrogen and oxygen atoms in total. The van der Waals surface area contributed by atoms with E-state index in [1.54, 1.807) is 0 Å². The molecule has 1 aliphatic heterocycles. The molecule has 1 saturated heterocycles. The van der Waals surface area contributed by atoms with Gasteiger partial charge in [-0.15, -0.1) is 5.10 Å². The highest BCUT2D eigenvalue weighted by Gasteiger charge is 2.21. The standard InChI is InChI=1S/C24H26N4O/c1-18-7-12-23(27-26-18)28-15-13-19(14-16-28)17-25-24(29)22-10-8-21(9-11-22)20-5-3-2-4-6-20/h2-12,19H,13-17H2,1H3,(H,25,29). The van der Waals surface area contributed by atoms with Gasteiger partial charge >= 0.3 is 0 Å². The van der Waals surface area contributed by atoms with Gasteiger partial charge in [0.2, 0.25) is 0 Å². The van der Waals surface area contributed by atoms with Gasteiger partial charge in [-0.3, -0.25) is 4.79 Å². The summed E-state index contributed by atoms with van der Waals surface area (Å²) in [4.78, 5) is 14.8. The van der Waals surface area contributed by atoms with Gasteiger partial charge in [-0.2, -0.15) is 5.10 Å². The predicted molar refractivity (Wildman–Crippen MR) is 116 cm³/mol. The number of amides is 1. The van der Waals surface area contributed by atoms with E-state index in [0.29, 0.717) is 18.0 Å². The third kappa shape index (κ3) is 4.80. The first-order chi connectivity index (χ1) is 14.2. The van der Waals surface area contributed by atoms with E-state index in [0.717, 1.165) is 48.6 Å². The number of benzene rings is 2. The van der Waals surface area contributed by atoms with Crippen LogP contribution in [0.1, 0.15) is 28.9 Å². The Labute approximate surface area is 171 Å². The molecule has 0 radical (unpaired) electrons. The van der Waals surface area contributed by atoms with E-state index in [1.807, 2.05) is 61.5 Å². The lowest BCUT2D eigenvalue weighted by Crippen LogP contribution is -2.39. The van der Waals surface area contributed by atoms with Crippen molar-refractivity contribution >= 4 is 11.7 Å². The third-order valence-corrected chi connectivity index (χ3v) is 5.53. The molecule has 5 heteroatoms. The van der Waals surface area contributed by atoms with E-state index in [4.69, 9.17) is 0 Å². The van der Waals surface area contributed by atoms with Crippen molar-refractivity contribution in [3.63, 3.8) is 0 Å². The van der Waals surface area contributed by atoms with Crippen molar-refractivity contribution in [3.05, 3.63) is 78.0 Å². The minimum Gasteiger partial charge on any atom is -0.355 e. The van der Waals surface area contributed by atoms with E-state index >= 15 is 0 Å². The van der Waals surface area contributed by atoms with Crippen molar-refractivity contribution < 1.29 is 4.79 Å².